The highest BCUT2D eigenvalue weighted by atomic mass is 16.5. The van der Waals surface area contributed by atoms with Gasteiger partial charge in [-0.1, -0.05) is 13.0 Å². The van der Waals surface area contributed by atoms with Crippen LogP contribution in [0.15, 0.2) is 23.0 Å². The smallest absolute Gasteiger partial charge is 0.261 e. The monoisotopic (exact) mass is 232 g/mol. The van der Waals surface area contributed by atoms with Gasteiger partial charge in [-0.3, -0.25) is 9.36 Å². The quantitative estimate of drug-likeness (QED) is 0.811. The first-order chi connectivity index (χ1) is 8.19. The molecule has 0 amide bonds. The van der Waals surface area contributed by atoms with Crippen molar-refractivity contribution in [2.45, 2.75) is 19.8 Å². The number of para-hydroxylation sites is 1. The molecular formula is C13H16N2O2. The maximum Gasteiger partial charge on any atom is 0.261 e. The summed E-state index contributed by atoms with van der Waals surface area (Å²) < 4.78 is 6.86. The average Bonchev–Trinajstić information content (AvgIpc) is 2.35. The molecule has 0 atom stereocenters. The van der Waals surface area contributed by atoms with Crippen LogP contribution in [0.3, 0.4) is 0 Å². The predicted octanol–water partition coefficient (Wildman–Crippen LogP) is 1.89. The number of fused-ring (bicyclic) bond motifs is 1. The molecule has 0 aliphatic rings. The zero-order valence-corrected chi connectivity index (χ0v) is 10.4. The molecule has 0 bridgehead atoms. The molecule has 0 aliphatic heterocycles. The number of hydrogen-bond acceptors (Lipinski definition) is 3. The molecule has 0 unspecified atom stereocenters. The maximum absolute atomic E-state index is 12.2. The number of hydrogen-bond donors (Lipinski definition) is 0. The molecule has 0 aliphatic carbocycles. The van der Waals surface area contributed by atoms with Gasteiger partial charge in [0.05, 0.1) is 12.5 Å². The van der Waals surface area contributed by atoms with Gasteiger partial charge in [0.2, 0.25) is 0 Å². The summed E-state index contributed by atoms with van der Waals surface area (Å²) in [5.41, 5.74) is 0.638. The Morgan fingerprint density at radius 3 is 2.82 bits per heavy atom. The minimum atomic E-state index is -0.0163. The van der Waals surface area contributed by atoms with E-state index in [0.29, 0.717) is 16.7 Å². The van der Waals surface area contributed by atoms with Crippen LogP contribution >= 0.6 is 0 Å². The van der Waals surface area contributed by atoms with Gasteiger partial charge in [-0.2, -0.15) is 0 Å². The summed E-state index contributed by atoms with van der Waals surface area (Å²) in [4.78, 5) is 16.7. The van der Waals surface area contributed by atoms with E-state index >= 15 is 0 Å². The fourth-order valence-electron chi connectivity index (χ4n) is 1.92. The molecule has 0 radical (unpaired) electrons. The van der Waals surface area contributed by atoms with Gasteiger partial charge in [0, 0.05) is 13.5 Å². The predicted molar refractivity (Wildman–Crippen MR) is 67.5 cm³/mol. The van der Waals surface area contributed by atoms with Crippen LogP contribution in [0, 0.1) is 0 Å². The first-order valence-electron chi connectivity index (χ1n) is 5.71. The molecule has 2 aromatic rings. The molecule has 90 valence electrons. The van der Waals surface area contributed by atoms with Crippen molar-refractivity contribution >= 4 is 10.9 Å². The van der Waals surface area contributed by atoms with E-state index in [4.69, 9.17) is 4.74 Å². The Kier molecular flexibility index (Phi) is 3.13. The Bertz CT molecular complexity index is 602. The Hall–Kier alpha value is -1.84. The largest absolute Gasteiger partial charge is 0.494 e. The lowest BCUT2D eigenvalue weighted by Gasteiger charge is -2.10. The second-order valence-corrected chi connectivity index (χ2v) is 4.00. The van der Waals surface area contributed by atoms with E-state index in [1.807, 2.05) is 12.1 Å². The van der Waals surface area contributed by atoms with Gasteiger partial charge in [-0.05, 0) is 18.6 Å². The standard InChI is InChI=1S/C13H16N2O2/c1-4-6-11-14-12-9(13(16)15(11)2)7-5-8-10(12)17-3/h5,7-8H,4,6H2,1-3H3. The van der Waals surface area contributed by atoms with Gasteiger partial charge < -0.3 is 4.74 Å². The van der Waals surface area contributed by atoms with E-state index < -0.39 is 0 Å². The normalized spacial score (nSPS) is 10.8. The minimum Gasteiger partial charge on any atom is -0.494 e. The fraction of sp³-hybridized carbons (Fsp3) is 0.385. The number of rotatable bonds is 3. The molecule has 17 heavy (non-hydrogen) atoms. The number of aryl methyl sites for hydroxylation is 1. The molecule has 0 spiro atoms. The molecule has 0 N–H and O–H groups in total. The first-order valence-corrected chi connectivity index (χ1v) is 5.71. The van der Waals surface area contributed by atoms with E-state index in [2.05, 4.69) is 11.9 Å². The number of nitrogens with zero attached hydrogens (tertiary/aromatic N) is 2. The highest BCUT2D eigenvalue weighted by Crippen LogP contribution is 2.21. The van der Waals surface area contributed by atoms with Gasteiger partial charge in [0.15, 0.2) is 0 Å². The maximum atomic E-state index is 12.2. The van der Waals surface area contributed by atoms with E-state index in [-0.39, 0.29) is 5.56 Å². The molecule has 1 aromatic heterocycles. The Morgan fingerprint density at radius 2 is 2.18 bits per heavy atom. The van der Waals surface area contributed by atoms with Crippen molar-refractivity contribution in [3.63, 3.8) is 0 Å². The molecule has 0 saturated carbocycles. The number of ether oxygens (including phenoxy) is 1. The molecule has 1 aromatic carbocycles. The van der Waals surface area contributed by atoms with E-state index in [1.165, 1.54) is 0 Å². The lowest BCUT2D eigenvalue weighted by Crippen LogP contribution is -2.22. The third kappa shape index (κ3) is 1.90. The van der Waals surface area contributed by atoms with Crippen molar-refractivity contribution in [3.05, 3.63) is 34.4 Å². The van der Waals surface area contributed by atoms with Crippen LogP contribution in [0.25, 0.3) is 10.9 Å². The fourth-order valence-corrected chi connectivity index (χ4v) is 1.92. The summed E-state index contributed by atoms with van der Waals surface area (Å²) in [6, 6.07) is 5.41. The van der Waals surface area contributed by atoms with E-state index in [1.54, 1.807) is 24.8 Å². The Morgan fingerprint density at radius 1 is 1.41 bits per heavy atom. The topological polar surface area (TPSA) is 44.1 Å². The van der Waals surface area contributed by atoms with Crippen LogP contribution in [0.5, 0.6) is 5.75 Å². The molecule has 0 saturated heterocycles. The van der Waals surface area contributed by atoms with Gasteiger partial charge in [-0.15, -0.1) is 0 Å². The van der Waals surface area contributed by atoms with Crippen molar-refractivity contribution in [2.75, 3.05) is 7.11 Å². The van der Waals surface area contributed by atoms with Crippen LogP contribution in [0.1, 0.15) is 19.2 Å². The van der Waals surface area contributed by atoms with Crippen molar-refractivity contribution in [2.24, 2.45) is 7.05 Å². The van der Waals surface area contributed by atoms with Crippen LogP contribution in [-0.4, -0.2) is 16.7 Å². The van der Waals surface area contributed by atoms with Crippen LogP contribution < -0.4 is 10.3 Å². The van der Waals surface area contributed by atoms with Crippen molar-refractivity contribution < 1.29 is 4.74 Å². The van der Waals surface area contributed by atoms with Gasteiger partial charge in [-0.25, -0.2) is 4.98 Å². The van der Waals surface area contributed by atoms with E-state index in [0.717, 1.165) is 18.7 Å². The van der Waals surface area contributed by atoms with Crippen LogP contribution in [0.4, 0.5) is 0 Å². The molecule has 4 heteroatoms. The third-order valence-electron chi connectivity index (χ3n) is 2.86. The average molecular weight is 232 g/mol. The van der Waals surface area contributed by atoms with Gasteiger partial charge in [0.1, 0.15) is 17.1 Å². The van der Waals surface area contributed by atoms with Gasteiger partial charge in [0.25, 0.3) is 5.56 Å². The summed E-state index contributed by atoms with van der Waals surface area (Å²) in [6.07, 6.45) is 1.75. The molecule has 4 nitrogen and oxygen atoms in total. The Labute approximate surface area is 99.9 Å². The molecule has 1 heterocycles. The summed E-state index contributed by atoms with van der Waals surface area (Å²) >= 11 is 0. The van der Waals surface area contributed by atoms with Crippen molar-refractivity contribution in [1.82, 2.24) is 9.55 Å². The molecule has 0 fully saturated rings. The summed E-state index contributed by atoms with van der Waals surface area (Å²) in [5, 5.41) is 0.603. The lowest BCUT2D eigenvalue weighted by molar-refractivity contribution is 0.418. The molecule has 2 rings (SSSR count). The second kappa shape index (κ2) is 4.57. The minimum absolute atomic E-state index is 0.0163. The Balaban J connectivity index is 2.81. The van der Waals surface area contributed by atoms with E-state index in [9.17, 15) is 4.79 Å². The second-order valence-electron chi connectivity index (χ2n) is 4.00. The first kappa shape index (κ1) is 11.6. The van der Waals surface area contributed by atoms with Crippen LogP contribution in [0.2, 0.25) is 0 Å². The van der Waals surface area contributed by atoms with Crippen molar-refractivity contribution in [3.8, 4) is 5.75 Å². The van der Waals surface area contributed by atoms with Crippen molar-refractivity contribution in [1.29, 1.82) is 0 Å². The number of methoxy groups -OCH3 is 1. The van der Waals surface area contributed by atoms with Crippen LogP contribution in [-0.2, 0) is 13.5 Å². The number of benzene rings is 1. The third-order valence-corrected chi connectivity index (χ3v) is 2.86. The summed E-state index contributed by atoms with van der Waals surface area (Å²) in [5.74, 6) is 1.45. The highest BCUT2D eigenvalue weighted by molar-refractivity contribution is 5.83. The highest BCUT2D eigenvalue weighted by Gasteiger charge is 2.10. The zero-order chi connectivity index (χ0) is 12.4. The number of aromatic nitrogens is 2. The summed E-state index contributed by atoms with van der Waals surface area (Å²) in [7, 11) is 3.35. The lowest BCUT2D eigenvalue weighted by atomic mass is 10.2. The molecular weight excluding hydrogens is 216 g/mol. The zero-order valence-electron chi connectivity index (χ0n) is 10.4. The SMILES string of the molecule is CCCc1nc2c(OC)cccc2c(=O)n1C. The summed E-state index contributed by atoms with van der Waals surface area (Å²) in [6.45, 7) is 2.07. The van der Waals surface area contributed by atoms with Gasteiger partial charge >= 0.3 is 0 Å².